The monoisotopic (exact) mass is 306 g/mol. The summed E-state index contributed by atoms with van der Waals surface area (Å²) < 4.78 is 4.59. The average molecular weight is 306 g/mol. The normalized spacial score (nSPS) is 27.7. The van der Waals surface area contributed by atoms with Crippen LogP contribution in [0.3, 0.4) is 0 Å². The van der Waals surface area contributed by atoms with E-state index in [2.05, 4.69) is 32.1 Å². The van der Waals surface area contributed by atoms with Crippen LogP contribution in [-0.2, 0) is 0 Å². The zero-order chi connectivity index (χ0) is 15.5. The van der Waals surface area contributed by atoms with Crippen LogP contribution in [0, 0.1) is 12.8 Å². The van der Waals surface area contributed by atoms with Crippen molar-refractivity contribution in [1.82, 2.24) is 20.5 Å². The Balaban J connectivity index is 1.46. The molecule has 1 aliphatic carbocycles. The van der Waals surface area contributed by atoms with Crippen LogP contribution in [0.5, 0.6) is 0 Å². The van der Waals surface area contributed by atoms with Gasteiger partial charge in [-0.05, 0) is 69.6 Å². The molecule has 2 aliphatic rings. The Hall–Kier alpha value is -1.43. The third-order valence-corrected chi connectivity index (χ3v) is 5.23. The minimum atomic E-state index is -0.158. The molecule has 0 radical (unpaired) electrons. The minimum Gasteiger partial charge on any atom is -0.348 e. The first-order chi connectivity index (χ1) is 10.6. The van der Waals surface area contributed by atoms with Crippen LogP contribution in [0.4, 0.5) is 0 Å². The number of amides is 1. The van der Waals surface area contributed by atoms with Gasteiger partial charge in [-0.15, -0.1) is 0 Å². The molecule has 3 rings (SSSR count). The number of piperidine rings is 1. The topological polar surface area (TPSA) is 71.3 Å². The number of aryl methyl sites for hydroxylation is 1. The van der Waals surface area contributed by atoms with Gasteiger partial charge in [0.2, 0.25) is 0 Å². The fourth-order valence-corrected chi connectivity index (χ4v) is 3.67. The summed E-state index contributed by atoms with van der Waals surface area (Å²) in [6.07, 6.45) is 7.11. The number of rotatable bonds is 3. The predicted molar refractivity (Wildman–Crippen MR) is 82.5 cm³/mol. The van der Waals surface area contributed by atoms with Gasteiger partial charge in [0.25, 0.3) is 5.91 Å². The van der Waals surface area contributed by atoms with Crippen LogP contribution in [0.2, 0.25) is 0 Å². The lowest BCUT2D eigenvalue weighted by atomic mass is 9.88. The molecular formula is C16H26N4O2. The molecule has 1 aromatic heterocycles. The lowest BCUT2D eigenvalue weighted by molar-refractivity contribution is 0.0852. The standard InChI is InChI=1S/C16H26N4O2/c1-11-7-9-20(10-8-11)14-5-3-13(4-6-14)17-16(21)15-12(2)18-22-19-15/h11,13-14H,3-10H2,1-2H3,(H,17,21). The van der Waals surface area contributed by atoms with Crippen molar-refractivity contribution in [2.45, 2.75) is 64.5 Å². The molecule has 1 amide bonds. The Morgan fingerprint density at radius 3 is 2.41 bits per heavy atom. The first-order valence-corrected chi connectivity index (χ1v) is 8.47. The molecule has 1 saturated carbocycles. The van der Waals surface area contributed by atoms with Gasteiger partial charge in [-0.2, -0.15) is 0 Å². The molecule has 0 atom stereocenters. The Bertz CT molecular complexity index is 500. The van der Waals surface area contributed by atoms with Crippen molar-refractivity contribution in [2.24, 2.45) is 5.92 Å². The third kappa shape index (κ3) is 3.48. The van der Waals surface area contributed by atoms with Gasteiger partial charge in [0.1, 0.15) is 5.69 Å². The largest absolute Gasteiger partial charge is 0.348 e. The Kier molecular flexibility index (Phi) is 4.76. The van der Waals surface area contributed by atoms with Crippen molar-refractivity contribution in [2.75, 3.05) is 13.1 Å². The van der Waals surface area contributed by atoms with E-state index < -0.39 is 0 Å². The van der Waals surface area contributed by atoms with Crippen LogP contribution in [-0.4, -0.2) is 46.3 Å². The van der Waals surface area contributed by atoms with Crippen molar-refractivity contribution in [3.8, 4) is 0 Å². The van der Waals surface area contributed by atoms with Crippen molar-refractivity contribution in [3.63, 3.8) is 0 Å². The molecule has 0 aromatic carbocycles. The smallest absolute Gasteiger partial charge is 0.275 e. The van der Waals surface area contributed by atoms with E-state index in [0.717, 1.165) is 18.8 Å². The summed E-state index contributed by atoms with van der Waals surface area (Å²) >= 11 is 0. The maximum absolute atomic E-state index is 12.1. The van der Waals surface area contributed by atoms with E-state index in [-0.39, 0.29) is 11.9 Å². The lowest BCUT2D eigenvalue weighted by Gasteiger charge is -2.40. The quantitative estimate of drug-likeness (QED) is 0.926. The zero-order valence-corrected chi connectivity index (χ0v) is 13.5. The summed E-state index contributed by atoms with van der Waals surface area (Å²) in [4.78, 5) is 14.8. The number of aromatic nitrogens is 2. The van der Waals surface area contributed by atoms with Crippen molar-refractivity contribution >= 4 is 5.91 Å². The predicted octanol–water partition coefficient (Wildman–Crippen LogP) is 2.15. The second kappa shape index (κ2) is 6.77. The maximum atomic E-state index is 12.1. The number of hydrogen-bond donors (Lipinski definition) is 1. The van der Waals surface area contributed by atoms with E-state index in [0.29, 0.717) is 17.4 Å². The molecule has 122 valence electrons. The Morgan fingerprint density at radius 1 is 1.14 bits per heavy atom. The molecule has 6 nitrogen and oxygen atoms in total. The Labute approximate surface area is 131 Å². The third-order valence-electron chi connectivity index (χ3n) is 5.23. The van der Waals surface area contributed by atoms with Gasteiger partial charge >= 0.3 is 0 Å². The molecule has 0 spiro atoms. The summed E-state index contributed by atoms with van der Waals surface area (Å²) in [5, 5.41) is 10.4. The number of likely N-dealkylation sites (tertiary alicyclic amines) is 1. The van der Waals surface area contributed by atoms with Gasteiger partial charge in [-0.25, -0.2) is 4.63 Å². The fourth-order valence-electron chi connectivity index (χ4n) is 3.67. The number of carbonyl (C=O) groups is 1. The summed E-state index contributed by atoms with van der Waals surface area (Å²) in [7, 11) is 0. The highest BCUT2D eigenvalue weighted by Crippen LogP contribution is 2.27. The molecule has 1 aromatic rings. The van der Waals surface area contributed by atoms with E-state index in [1.54, 1.807) is 6.92 Å². The highest BCUT2D eigenvalue weighted by molar-refractivity contribution is 5.93. The number of nitrogens with zero attached hydrogens (tertiary/aromatic N) is 3. The van der Waals surface area contributed by atoms with Crippen molar-refractivity contribution < 1.29 is 9.42 Å². The number of nitrogens with one attached hydrogen (secondary N) is 1. The molecular weight excluding hydrogens is 280 g/mol. The number of carbonyl (C=O) groups excluding carboxylic acids is 1. The molecule has 1 saturated heterocycles. The zero-order valence-electron chi connectivity index (χ0n) is 13.5. The molecule has 0 bridgehead atoms. The van der Waals surface area contributed by atoms with Crippen LogP contribution in [0.15, 0.2) is 4.63 Å². The van der Waals surface area contributed by atoms with E-state index >= 15 is 0 Å². The van der Waals surface area contributed by atoms with Gasteiger partial charge in [-0.3, -0.25) is 4.79 Å². The lowest BCUT2D eigenvalue weighted by Crippen LogP contribution is -2.46. The molecule has 6 heteroatoms. The first kappa shape index (κ1) is 15.5. The summed E-state index contributed by atoms with van der Waals surface area (Å²) in [5.74, 6) is 0.722. The SMILES string of the molecule is Cc1nonc1C(=O)NC1CCC(N2CCC(C)CC2)CC1. The van der Waals surface area contributed by atoms with Gasteiger partial charge in [0.05, 0.1) is 0 Å². The first-order valence-electron chi connectivity index (χ1n) is 8.47. The summed E-state index contributed by atoms with van der Waals surface area (Å²) in [6, 6.07) is 0.958. The molecule has 2 heterocycles. The van der Waals surface area contributed by atoms with Gasteiger partial charge in [0, 0.05) is 12.1 Å². The van der Waals surface area contributed by atoms with Crippen LogP contribution in [0.25, 0.3) is 0 Å². The molecule has 2 fully saturated rings. The van der Waals surface area contributed by atoms with Gasteiger partial charge < -0.3 is 10.2 Å². The van der Waals surface area contributed by atoms with Crippen LogP contribution < -0.4 is 5.32 Å². The number of hydrogen-bond acceptors (Lipinski definition) is 5. The van der Waals surface area contributed by atoms with E-state index in [9.17, 15) is 4.79 Å². The minimum absolute atomic E-state index is 0.158. The molecule has 1 N–H and O–H groups in total. The fraction of sp³-hybridized carbons (Fsp3) is 0.812. The highest BCUT2D eigenvalue weighted by Gasteiger charge is 2.29. The maximum Gasteiger partial charge on any atom is 0.275 e. The second-order valence-electron chi connectivity index (χ2n) is 6.90. The van der Waals surface area contributed by atoms with E-state index in [4.69, 9.17) is 0 Å². The second-order valence-corrected chi connectivity index (χ2v) is 6.90. The van der Waals surface area contributed by atoms with Crippen molar-refractivity contribution in [1.29, 1.82) is 0 Å². The Morgan fingerprint density at radius 2 is 1.82 bits per heavy atom. The van der Waals surface area contributed by atoms with Crippen LogP contribution in [0.1, 0.15) is 61.6 Å². The molecule has 1 aliphatic heterocycles. The molecule has 22 heavy (non-hydrogen) atoms. The summed E-state index contributed by atoms with van der Waals surface area (Å²) in [5.41, 5.74) is 0.862. The van der Waals surface area contributed by atoms with Crippen molar-refractivity contribution in [3.05, 3.63) is 11.4 Å². The molecule has 0 unspecified atom stereocenters. The average Bonchev–Trinajstić information content (AvgIpc) is 2.95. The van der Waals surface area contributed by atoms with Gasteiger partial charge in [-0.1, -0.05) is 12.1 Å². The van der Waals surface area contributed by atoms with E-state index in [1.165, 1.54) is 38.8 Å². The highest BCUT2D eigenvalue weighted by atomic mass is 16.6. The van der Waals surface area contributed by atoms with Gasteiger partial charge in [0.15, 0.2) is 5.69 Å². The van der Waals surface area contributed by atoms with Crippen LogP contribution >= 0.6 is 0 Å². The summed E-state index contributed by atoms with van der Waals surface area (Å²) in [6.45, 7) is 6.57. The van der Waals surface area contributed by atoms with E-state index in [1.807, 2.05) is 0 Å².